The summed E-state index contributed by atoms with van der Waals surface area (Å²) in [5.41, 5.74) is 2.69. The summed E-state index contributed by atoms with van der Waals surface area (Å²) in [6.45, 7) is 2.41. The van der Waals surface area contributed by atoms with Gasteiger partial charge < -0.3 is 14.2 Å². The summed E-state index contributed by atoms with van der Waals surface area (Å²) >= 11 is 0. The molecule has 0 aliphatic rings. The molecule has 0 aromatic heterocycles. The van der Waals surface area contributed by atoms with E-state index in [0.717, 1.165) is 16.9 Å². The second-order valence-corrected chi connectivity index (χ2v) is 7.26. The molecule has 0 amide bonds. The van der Waals surface area contributed by atoms with Gasteiger partial charge in [-0.3, -0.25) is 9.59 Å². The van der Waals surface area contributed by atoms with Gasteiger partial charge in [-0.15, -0.1) is 0 Å². The first-order valence-corrected chi connectivity index (χ1v) is 10.1. The molecule has 160 valence electrons. The van der Waals surface area contributed by atoms with Gasteiger partial charge in [-0.05, 0) is 41.3 Å². The van der Waals surface area contributed by atoms with Crippen LogP contribution in [0.2, 0.25) is 0 Å². The van der Waals surface area contributed by atoms with Gasteiger partial charge in [-0.1, -0.05) is 61.5 Å². The van der Waals surface area contributed by atoms with Crippen LogP contribution in [0.15, 0.2) is 78.9 Å². The molecule has 0 fully saturated rings. The SMILES string of the molecule is COC(=O)CC(C)c1ccc(OCc2ccc(OCC(=O)c3ccccc3)cc2)cc1. The summed E-state index contributed by atoms with van der Waals surface area (Å²) in [6, 6.07) is 24.3. The third-order valence-corrected chi connectivity index (χ3v) is 4.94. The molecule has 1 atom stereocenters. The molecule has 0 aliphatic heterocycles. The van der Waals surface area contributed by atoms with Crippen molar-refractivity contribution in [2.45, 2.75) is 25.9 Å². The fourth-order valence-electron chi connectivity index (χ4n) is 3.05. The number of carbonyl (C=O) groups is 2. The summed E-state index contributed by atoms with van der Waals surface area (Å²) in [4.78, 5) is 23.5. The van der Waals surface area contributed by atoms with Crippen molar-refractivity contribution >= 4 is 11.8 Å². The number of methoxy groups -OCH3 is 1. The van der Waals surface area contributed by atoms with Crippen LogP contribution in [0.1, 0.15) is 40.7 Å². The fourth-order valence-corrected chi connectivity index (χ4v) is 3.05. The maximum absolute atomic E-state index is 12.1. The van der Waals surface area contributed by atoms with Crippen molar-refractivity contribution in [2.24, 2.45) is 0 Å². The Labute approximate surface area is 182 Å². The van der Waals surface area contributed by atoms with Gasteiger partial charge in [0.15, 0.2) is 12.4 Å². The number of benzene rings is 3. The molecule has 3 aromatic carbocycles. The molecular weight excluding hydrogens is 392 g/mol. The number of hydrogen-bond donors (Lipinski definition) is 0. The van der Waals surface area contributed by atoms with E-state index in [-0.39, 0.29) is 24.3 Å². The van der Waals surface area contributed by atoms with Gasteiger partial charge in [0.2, 0.25) is 0 Å². The normalized spacial score (nSPS) is 11.4. The fraction of sp³-hybridized carbons (Fsp3) is 0.231. The van der Waals surface area contributed by atoms with E-state index in [1.807, 2.05) is 73.7 Å². The van der Waals surface area contributed by atoms with E-state index < -0.39 is 0 Å². The predicted octanol–water partition coefficient (Wildman–Crippen LogP) is 5.19. The highest BCUT2D eigenvalue weighted by Crippen LogP contribution is 2.23. The van der Waals surface area contributed by atoms with Crippen molar-refractivity contribution in [3.8, 4) is 11.5 Å². The number of Topliss-reactive ketones (excluding diaryl/α,β-unsaturated/α-hetero) is 1. The van der Waals surface area contributed by atoms with Gasteiger partial charge >= 0.3 is 5.97 Å². The third kappa shape index (κ3) is 6.71. The second kappa shape index (κ2) is 11.0. The van der Waals surface area contributed by atoms with E-state index >= 15 is 0 Å². The van der Waals surface area contributed by atoms with Gasteiger partial charge in [0.1, 0.15) is 18.1 Å². The number of ketones is 1. The molecular formula is C26H26O5. The summed E-state index contributed by atoms with van der Waals surface area (Å²) < 4.78 is 16.1. The summed E-state index contributed by atoms with van der Waals surface area (Å²) in [5, 5.41) is 0. The zero-order valence-electron chi connectivity index (χ0n) is 17.7. The Morgan fingerprint density at radius 3 is 2.06 bits per heavy atom. The van der Waals surface area contributed by atoms with Crippen molar-refractivity contribution < 1.29 is 23.8 Å². The Morgan fingerprint density at radius 2 is 1.42 bits per heavy atom. The molecule has 0 aliphatic carbocycles. The van der Waals surface area contributed by atoms with Gasteiger partial charge in [-0.25, -0.2) is 0 Å². The molecule has 5 heteroatoms. The molecule has 0 N–H and O–H groups in total. The van der Waals surface area contributed by atoms with E-state index in [9.17, 15) is 9.59 Å². The Balaban J connectivity index is 1.47. The Kier molecular flexibility index (Phi) is 7.82. The highest BCUT2D eigenvalue weighted by atomic mass is 16.5. The largest absolute Gasteiger partial charge is 0.489 e. The third-order valence-electron chi connectivity index (χ3n) is 4.94. The number of carbonyl (C=O) groups excluding carboxylic acids is 2. The first kappa shape index (κ1) is 22.1. The minimum Gasteiger partial charge on any atom is -0.489 e. The first-order chi connectivity index (χ1) is 15.0. The van der Waals surface area contributed by atoms with Crippen molar-refractivity contribution in [3.05, 3.63) is 95.6 Å². The molecule has 0 radical (unpaired) electrons. The first-order valence-electron chi connectivity index (χ1n) is 10.1. The van der Waals surface area contributed by atoms with Crippen LogP contribution >= 0.6 is 0 Å². The second-order valence-electron chi connectivity index (χ2n) is 7.26. The van der Waals surface area contributed by atoms with Crippen LogP contribution < -0.4 is 9.47 Å². The van der Waals surface area contributed by atoms with Crippen LogP contribution in [0.4, 0.5) is 0 Å². The molecule has 0 saturated carbocycles. The van der Waals surface area contributed by atoms with Gasteiger partial charge in [0.25, 0.3) is 0 Å². The highest BCUT2D eigenvalue weighted by molar-refractivity contribution is 5.97. The minimum atomic E-state index is -0.218. The van der Waals surface area contributed by atoms with E-state index in [1.165, 1.54) is 7.11 Å². The minimum absolute atomic E-state index is 0.000605. The molecule has 31 heavy (non-hydrogen) atoms. The molecule has 1 unspecified atom stereocenters. The highest BCUT2D eigenvalue weighted by Gasteiger charge is 2.11. The Morgan fingerprint density at radius 1 is 0.806 bits per heavy atom. The van der Waals surface area contributed by atoms with Gasteiger partial charge in [-0.2, -0.15) is 0 Å². The quantitative estimate of drug-likeness (QED) is 0.335. The van der Waals surface area contributed by atoms with E-state index in [0.29, 0.717) is 24.3 Å². The molecule has 3 aromatic rings. The van der Waals surface area contributed by atoms with Crippen molar-refractivity contribution in [2.75, 3.05) is 13.7 Å². The smallest absolute Gasteiger partial charge is 0.306 e. The number of hydrogen-bond acceptors (Lipinski definition) is 5. The lowest BCUT2D eigenvalue weighted by Crippen LogP contribution is -2.11. The molecule has 0 spiro atoms. The van der Waals surface area contributed by atoms with Crippen LogP contribution in [-0.2, 0) is 16.1 Å². The molecule has 0 saturated heterocycles. The van der Waals surface area contributed by atoms with E-state index in [1.54, 1.807) is 12.1 Å². The van der Waals surface area contributed by atoms with E-state index in [4.69, 9.17) is 14.2 Å². The molecule has 3 rings (SSSR count). The summed E-state index contributed by atoms with van der Waals surface area (Å²) in [5.74, 6) is 1.20. The molecule has 0 bridgehead atoms. The average Bonchev–Trinajstić information content (AvgIpc) is 2.82. The number of esters is 1. The molecule has 5 nitrogen and oxygen atoms in total. The number of rotatable bonds is 10. The van der Waals surface area contributed by atoms with Crippen LogP contribution in [0, 0.1) is 0 Å². The lowest BCUT2D eigenvalue weighted by atomic mass is 9.98. The Bertz CT molecular complexity index is 979. The van der Waals surface area contributed by atoms with Crippen LogP contribution in [0.25, 0.3) is 0 Å². The van der Waals surface area contributed by atoms with Crippen molar-refractivity contribution in [1.29, 1.82) is 0 Å². The van der Waals surface area contributed by atoms with Crippen LogP contribution in [-0.4, -0.2) is 25.5 Å². The lowest BCUT2D eigenvalue weighted by molar-refractivity contribution is -0.140. The summed E-state index contributed by atoms with van der Waals surface area (Å²) in [7, 11) is 1.40. The standard InChI is InChI=1S/C26H26O5/c1-19(16-26(28)29-2)21-10-14-24(15-11-21)30-17-20-8-12-23(13-9-20)31-18-25(27)22-6-4-3-5-7-22/h3-15,19H,16-18H2,1-2H3. The lowest BCUT2D eigenvalue weighted by Gasteiger charge is -2.12. The zero-order chi connectivity index (χ0) is 22.1. The predicted molar refractivity (Wildman–Crippen MR) is 119 cm³/mol. The van der Waals surface area contributed by atoms with Crippen molar-refractivity contribution in [3.63, 3.8) is 0 Å². The topological polar surface area (TPSA) is 61.8 Å². The maximum Gasteiger partial charge on any atom is 0.306 e. The van der Waals surface area contributed by atoms with Gasteiger partial charge in [0.05, 0.1) is 13.5 Å². The number of ether oxygens (including phenoxy) is 3. The summed E-state index contributed by atoms with van der Waals surface area (Å²) in [6.07, 6.45) is 0.349. The Hall–Kier alpha value is -3.60. The average molecular weight is 418 g/mol. The van der Waals surface area contributed by atoms with E-state index in [2.05, 4.69) is 0 Å². The van der Waals surface area contributed by atoms with Gasteiger partial charge in [0, 0.05) is 5.56 Å². The van der Waals surface area contributed by atoms with Crippen LogP contribution in [0.5, 0.6) is 11.5 Å². The maximum atomic E-state index is 12.1. The van der Waals surface area contributed by atoms with Crippen molar-refractivity contribution in [1.82, 2.24) is 0 Å². The monoisotopic (exact) mass is 418 g/mol. The van der Waals surface area contributed by atoms with Crippen LogP contribution in [0.3, 0.4) is 0 Å². The molecule has 0 heterocycles. The zero-order valence-corrected chi connectivity index (χ0v) is 17.7.